The predicted octanol–water partition coefficient (Wildman–Crippen LogP) is 3.16. The van der Waals surface area contributed by atoms with Crippen molar-refractivity contribution in [2.24, 2.45) is 0 Å². The molecule has 4 nitrogen and oxygen atoms in total. The summed E-state index contributed by atoms with van der Waals surface area (Å²) >= 11 is 3.60. The zero-order chi connectivity index (χ0) is 15.9. The maximum atomic E-state index is 11.9. The van der Waals surface area contributed by atoms with Gasteiger partial charge in [0.25, 0.3) is 0 Å². The van der Waals surface area contributed by atoms with Crippen LogP contribution in [0.25, 0.3) is 0 Å². The molecule has 0 spiro atoms. The van der Waals surface area contributed by atoms with Crippen molar-refractivity contribution < 1.29 is 14.3 Å². The van der Waals surface area contributed by atoms with Gasteiger partial charge in [0.2, 0.25) is 0 Å². The first kappa shape index (κ1) is 15.8. The highest BCUT2D eigenvalue weighted by atomic mass is 79.9. The van der Waals surface area contributed by atoms with E-state index < -0.39 is 0 Å². The number of nitrogens with zero attached hydrogens (tertiary/aromatic N) is 1. The third-order valence-corrected chi connectivity index (χ3v) is 5.95. The van der Waals surface area contributed by atoms with E-state index in [-0.39, 0.29) is 5.41 Å². The summed E-state index contributed by atoms with van der Waals surface area (Å²) in [6.07, 6.45) is 3.34. The molecular formula is C17H22BrNO3. The van der Waals surface area contributed by atoms with E-state index in [1.54, 1.807) is 14.2 Å². The van der Waals surface area contributed by atoms with Crippen LogP contribution in [-0.4, -0.2) is 44.5 Å². The predicted molar refractivity (Wildman–Crippen MR) is 88.8 cm³/mol. The summed E-state index contributed by atoms with van der Waals surface area (Å²) in [4.78, 5) is 14.3. The Morgan fingerprint density at radius 2 is 2.05 bits per heavy atom. The molecule has 3 rings (SSSR count). The summed E-state index contributed by atoms with van der Waals surface area (Å²) < 4.78 is 11.8. The lowest BCUT2D eigenvalue weighted by Crippen LogP contribution is -2.46. The summed E-state index contributed by atoms with van der Waals surface area (Å²) in [5, 5.41) is 0. The fraction of sp³-hybridized carbons (Fsp3) is 0.588. The lowest BCUT2D eigenvalue weighted by molar-refractivity contribution is -0.122. The number of benzene rings is 1. The molecular weight excluding hydrogens is 346 g/mol. The Bertz CT molecular complexity index is 604. The van der Waals surface area contributed by atoms with Crippen LogP contribution < -0.4 is 9.47 Å². The van der Waals surface area contributed by atoms with Gasteiger partial charge in [-0.15, -0.1) is 0 Å². The number of likely N-dealkylation sites (tertiary alicyclic amines) is 1. The number of ketones is 1. The molecule has 1 saturated carbocycles. The minimum absolute atomic E-state index is 0.0464. The average molecular weight is 368 g/mol. The third kappa shape index (κ3) is 2.35. The first-order valence-corrected chi connectivity index (χ1v) is 8.45. The Morgan fingerprint density at radius 3 is 2.73 bits per heavy atom. The maximum absolute atomic E-state index is 11.9. The quantitative estimate of drug-likeness (QED) is 0.822. The molecule has 1 aliphatic carbocycles. The zero-order valence-electron chi connectivity index (χ0n) is 13.3. The highest BCUT2D eigenvalue weighted by Gasteiger charge is 2.50. The molecule has 1 heterocycles. The molecule has 0 unspecified atom stereocenters. The Morgan fingerprint density at radius 1 is 1.27 bits per heavy atom. The number of hydrogen-bond acceptors (Lipinski definition) is 4. The lowest BCUT2D eigenvalue weighted by Gasteiger charge is -2.41. The van der Waals surface area contributed by atoms with Crippen molar-refractivity contribution in [3.63, 3.8) is 0 Å². The van der Waals surface area contributed by atoms with Gasteiger partial charge in [-0.2, -0.15) is 0 Å². The number of methoxy groups -OCH3 is 2. The van der Waals surface area contributed by atoms with Crippen LogP contribution >= 0.6 is 15.9 Å². The number of rotatable bonds is 3. The SMILES string of the molecule is COc1cc([C@@]23CCC(=O)C[C@@H]2N(C)CC3)cc(Br)c1OC. The molecule has 22 heavy (non-hydrogen) atoms. The van der Waals surface area contributed by atoms with Crippen LogP contribution in [-0.2, 0) is 10.2 Å². The van der Waals surface area contributed by atoms with E-state index in [9.17, 15) is 4.79 Å². The second kappa shape index (κ2) is 5.85. The average Bonchev–Trinajstić information content (AvgIpc) is 2.84. The van der Waals surface area contributed by atoms with Crippen LogP contribution in [0, 0.1) is 0 Å². The molecule has 0 aromatic heterocycles. The monoisotopic (exact) mass is 367 g/mol. The van der Waals surface area contributed by atoms with E-state index in [0.29, 0.717) is 24.7 Å². The molecule has 1 aromatic rings. The first-order chi connectivity index (χ1) is 10.5. The fourth-order valence-electron chi connectivity index (χ4n) is 4.13. The normalized spacial score (nSPS) is 28.5. The molecule has 2 atom stereocenters. The van der Waals surface area contributed by atoms with E-state index >= 15 is 0 Å². The molecule has 1 aromatic carbocycles. The molecule has 1 aliphatic heterocycles. The second-order valence-corrected chi connectivity index (χ2v) is 7.19. The molecule has 2 fully saturated rings. The smallest absolute Gasteiger partial charge is 0.174 e. The molecule has 0 N–H and O–H groups in total. The minimum atomic E-state index is 0.0464. The van der Waals surface area contributed by atoms with Crippen molar-refractivity contribution in [1.29, 1.82) is 0 Å². The van der Waals surface area contributed by atoms with Gasteiger partial charge in [0, 0.05) is 24.3 Å². The van der Waals surface area contributed by atoms with Gasteiger partial charge in [0.15, 0.2) is 11.5 Å². The van der Waals surface area contributed by atoms with Crippen LogP contribution in [0.15, 0.2) is 16.6 Å². The maximum Gasteiger partial charge on any atom is 0.174 e. The van der Waals surface area contributed by atoms with Crippen molar-refractivity contribution in [2.45, 2.75) is 37.1 Å². The Hall–Kier alpha value is -1.07. The van der Waals surface area contributed by atoms with Crippen LogP contribution in [0.5, 0.6) is 11.5 Å². The molecule has 120 valence electrons. The van der Waals surface area contributed by atoms with E-state index in [4.69, 9.17) is 9.47 Å². The molecule has 2 aliphatic rings. The largest absolute Gasteiger partial charge is 0.493 e. The van der Waals surface area contributed by atoms with Gasteiger partial charge in [-0.1, -0.05) is 0 Å². The van der Waals surface area contributed by atoms with Gasteiger partial charge >= 0.3 is 0 Å². The molecule has 0 bridgehead atoms. The van der Waals surface area contributed by atoms with Crippen molar-refractivity contribution in [3.8, 4) is 11.5 Å². The lowest BCUT2D eigenvalue weighted by atomic mass is 9.66. The first-order valence-electron chi connectivity index (χ1n) is 7.66. The van der Waals surface area contributed by atoms with E-state index in [0.717, 1.165) is 35.4 Å². The summed E-state index contributed by atoms with van der Waals surface area (Å²) in [5.41, 5.74) is 1.30. The number of carbonyl (C=O) groups excluding carboxylic acids is 1. The molecule has 0 amide bonds. The van der Waals surface area contributed by atoms with Crippen LogP contribution in [0.3, 0.4) is 0 Å². The highest BCUT2D eigenvalue weighted by Crippen LogP contribution is 2.50. The van der Waals surface area contributed by atoms with E-state index in [2.05, 4.69) is 40.0 Å². The van der Waals surface area contributed by atoms with Crippen molar-refractivity contribution in [3.05, 3.63) is 22.2 Å². The third-order valence-electron chi connectivity index (χ3n) is 5.36. The topological polar surface area (TPSA) is 38.8 Å². The number of hydrogen-bond donors (Lipinski definition) is 0. The number of Topliss-reactive ketones (excluding diaryl/α,β-unsaturated/α-hetero) is 1. The van der Waals surface area contributed by atoms with Crippen molar-refractivity contribution >= 4 is 21.7 Å². The molecule has 5 heteroatoms. The molecule has 0 radical (unpaired) electrons. The summed E-state index contributed by atoms with van der Waals surface area (Å²) in [7, 11) is 5.43. The van der Waals surface area contributed by atoms with Crippen LogP contribution in [0.1, 0.15) is 31.2 Å². The summed E-state index contributed by atoms with van der Waals surface area (Å²) in [5.74, 6) is 1.85. The zero-order valence-corrected chi connectivity index (χ0v) is 14.9. The van der Waals surface area contributed by atoms with Gasteiger partial charge < -0.3 is 14.4 Å². The fourth-order valence-corrected chi connectivity index (χ4v) is 4.73. The highest BCUT2D eigenvalue weighted by molar-refractivity contribution is 9.10. The summed E-state index contributed by atoms with van der Waals surface area (Å²) in [6.45, 7) is 1.03. The van der Waals surface area contributed by atoms with Gasteiger partial charge in [-0.25, -0.2) is 0 Å². The molecule has 1 saturated heterocycles. The number of ether oxygens (including phenoxy) is 2. The van der Waals surface area contributed by atoms with Gasteiger partial charge in [-0.3, -0.25) is 4.79 Å². The number of likely N-dealkylation sites (N-methyl/N-ethyl adjacent to an activating group) is 1. The Labute approximate surface area is 139 Å². The number of carbonyl (C=O) groups is 1. The number of fused-ring (bicyclic) bond motifs is 1. The minimum Gasteiger partial charge on any atom is -0.493 e. The van der Waals surface area contributed by atoms with E-state index in [1.165, 1.54) is 5.56 Å². The van der Waals surface area contributed by atoms with Crippen molar-refractivity contribution in [2.75, 3.05) is 27.8 Å². The van der Waals surface area contributed by atoms with Crippen molar-refractivity contribution in [1.82, 2.24) is 4.90 Å². The van der Waals surface area contributed by atoms with Gasteiger partial charge in [-0.05, 0) is 60.1 Å². The number of halogens is 1. The van der Waals surface area contributed by atoms with Gasteiger partial charge in [0.1, 0.15) is 5.78 Å². The second-order valence-electron chi connectivity index (χ2n) is 6.34. The van der Waals surface area contributed by atoms with Crippen LogP contribution in [0.2, 0.25) is 0 Å². The summed E-state index contributed by atoms with van der Waals surface area (Å²) in [6, 6.07) is 4.52. The Kier molecular flexibility index (Phi) is 4.21. The van der Waals surface area contributed by atoms with Gasteiger partial charge in [0.05, 0.1) is 18.7 Å². The van der Waals surface area contributed by atoms with E-state index in [1.807, 2.05) is 0 Å². The van der Waals surface area contributed by atoms with Crippen LogP contribution in [0.4, 0.5) is 0 Å². The Balaban J connectivity index is 2.09. The standard InChI is InChI=1S/C17H22BrNO3/c1-19-7-6-17(5-4-12(20)10-15(17)19)11-8-13(18)16(22-3)14(9-11)21-2/h8-9,15H,4-7,10H2,1-3H3/t15-,17-/m0/s1.